The molecule has 0 saturated carbocycles. The van der Waals surface area contributed by atoms with Gasteiger partial charge in [0.15, 0.2) is 0 Å². The van der Waals surface area contributed by atoms with Gasteiger partial charge in [-0.15, -0.1) is 0 Å². The number of likely N-dealkylation sites (tertiary alicyclic amines) is 1. The number of sulfonamides is 1. The maximum atomic E-state index is 12.9. The number of anilines is 2. The van der Waals surface area contributed by atoms with Crippen molar-refractivity contribution in [3.63, 3.8) is 0 Å². The summed E-state index contributed by atoms with van der Waals surface area (Å²) >= 11 is 0. The molecule has 2 aromatic carbocycles. The average Bonchev–Trinajstić information content (AvgIpc) is 3.39. The van der Waals surface area contributed by atoms with Crippen LogP contribution in [-0.2, 0) is 14.8 Å². The van der Waals surface area contributed by atoms with Crippen LogP contribution in [-0.4, -0.2) is 75.7 Å². The van der Waals surface area contributed by atoms with Crippen LogP contribution in [0.25, 0.3) is 0 Å². The maximum Gasteiger partial charge on any atom is 0.490 e. The second-order valence-corrected chi connectivity index (χ2v) is 9.87. The zero-order valence-electron chi connectivity index (χ0n) is 19.3. The maximum absolute atomic E-state index is 12.9. The number of halogens is 3. The van der Waals surface area contributed by atoms with E-state index in [0.29, 0.717) is 11.3 Å². The van der Waals surface area contributed by atoms with E-state index in [1.165, 1.54) is 0 Å². The van der Waals surface area contributed by atoms with Crippen LogP contribution in [0.15, 0.2) is 53.4 Å². The molecule has 0 unspecified atom stereocenters. The largest absolute Gasteiger partial charge is 0.490 e. The van der Waals surface area contributed by atoms with Gasteiger partial charge in [-0.1, -0.05) is 18.2 Å². The molecule has 13 heteroatoms. The molecule has 0 spiro atoms. The van der Waals surface area contributed by atoms with E-state index in [2.05, 4.69) is 14.9 Å². The first-order valence-corrected chi connectivity index (χ1v) is 12.7. The fourth-order valence-corrected chi connectivity index (χ4v) is 4.92. The van der Waals surface area contributed by atoms with Crippen LogP contribution in [0.3, 0.4) is 0 Å². The first-order valence-electron chi connectivity index (χ1n) is 11.3. The number of carboxylic acids is 1. The molecule has 0 radical (unpaired) electrons. The normalized spacial score (nSPS) is 16.2. The van der Waals surface area contributed by atoms with Gasteiger partial charge in [-0.2, -0.15) is 13.2 Å². The van der Waals surface area contributed by atoms with E-state index in [1.54, 1.807) is 42.5 Å². The van der Waals surface area contributed by atoms with Gasteiger partial charge >= 0.3 is 12.1 Å². The van der Waals surface area contributed by atoms with Crippen LogP contribution >= 0.6 is 0 Å². The second-order valence-electron chi connectivity index (χ2n) is 8.19. The summed E-state index contributed by atoms with van der Waals surface area (Å²) in [5.41, 5.74) is 1.75. The van der Waals surface area contributed by atoms with Gasteiger partial charge in [-0.25, -0.2) is 13.2 Å². The Hall–Kier alpha value is -3.32. The Labute approximate surface area is 206 Å². The third kappa shape index (κ3) is 7.10. The van der Waals surface area contributed by atoms with Crippen LogP contribution in [0, 0.1) is 0 Å². The Bertz CT molecular complexity index is 1160. The van der Waals surface area contributed by atoms with E-state index in [1.807, 2.05) is 11.0 Å². The molecule has 2 aromatic rings. The van der Waals surface area contributed by atoms with E-state index in [-0.39, 0.29) is 10.8 Å². The molecule has 36 heavy (non-hydrogen) atoms. The highest BCUT2D eigenvalue weighted by Gasteiger charge is 2.38. The molecule has 4 rings (SSSR count). The predicted molar refractivity (Wildman–Crippen MR) is 128 cm³/mol. The molecule has 2 aliphatic rings. The highest BCUT2D eigenvalue weighted by atomic mass is 32.2. The number of nitrogens with zero attached hydrogens (tertiary/aromatic N) is 2. The van der Waals surface area contributed by atoms with Crippen molar-refractivity contribution >= 4 is 33.3 Å². The molecule has 0 aliphatic carbocycles. The van der Waals surface area contributed by atoms with Crippen molar-refractivity contribution in [1.29, 1.82) is 0 Å². The molecule has 2 saturated heterocycles. The van der Waals surface area contributed by atoms with E-state index in [4.69, 9.17) is 9.90 Å². The van der Waals surface area contributed by atoms with Gasteiger partial charge in [0.2, 0.25) is 0 Å². The van der Waals surface area contributed by atoms with E-state index < -0.39 is 22.2 Å². The first kappa shape index (κ1) is 27.3. The molecule has 9 nitrogen and oxygen atoms in total. The van der Waals surface area contributed by atoms with E-state index in [0.717, 1.165) is 57.8 Å². The molecular weight excluding hydrogens is 501 g/mol. The van der Waals surface area contributed by atoms with Gasteiger partial charge in [-0.3, -0.25) is 9.52 Å². The Balaban J connectivity index is 0.000000454. The lowest BCUT2D eigenvalue weighted by Crippen LogP contribution is -2.43. The van der Waals surface area contributed by atoms with Crippen LogP contribution < -0.4 is 14.9 Å². The number of carbonyl (C=O) groups excluding carboxylic acids is 1. The average molecular weight is 529 g/mol. The number of nitrogens with one attached hydrogen (secondary N) is 2. The summed E-state index contributed by atoms with van der Waals surface area (Å²) in [6.45, 7) is 4.73. The minimum Gasteiger partial charge on any atom is -0.475 e. The Kier molecular flexibility index (Phi) is 8.79. The van der Waals surface area contributed by atoms with Gasteiger partial charge < -0.3 is 20.2 Å². The lowest BCUT2D eigenvalue weighted by Gasteiger charge is -2.31. The van der Waals surface area contributed by atoms with Crippen molar-refractivity contribution in [2.75, 3.05) is 48.9 Å². The minimum absolute atomic E-state index is 0.0467. The quantitative estimate of drug-likeness (QED) is 0.546. The number of benzene rings is 2. The van der Waals surface area contributed by atoms with Gasteiger partial charge in [0.25, 0.3) is 15.9 Å². The summed E-state index contributed by atoms with van der Waals surface area (Å²) in [4.78, 5) is 25.9. The van der Waals surface area contributed by atoms with E-state index in [9.17, 15) is 26.4 Å². The number of hydrogen-bond acceptors (Lipinski definition) is 6. The van der Waals surface area contributed by atoms with Crippen molar-refractivity contribution in [2.45, 2.75) is 23.9 Å². The zero-order valence-corrected chi connectivity index (χ0v) is 20.1. The number of carboxylic acid groups (broad SMARTS) is 1. The first-order chi connectivity index (χ1) is 17.0. The van der Waals surface area contributed by atoms with Crippen LogP contribution in [0.5, 0.6) is 0 Å². The van der Waals surface area contributed by atoms with Crippen molar-refractivity contribution in [1.82, 2.24) is 10.2 Å². The second kappa shape index (κ2) is 11.6. The Morgan fingerprint density at radius 1 is 0.944 bits per heavy atom. The molecule has 0 bridgehead atoms. The smallest absolute Gasteiger partial charge is 0.475 e. The number of amides is 1. The molecule has 3 N–H and O–H groups in total. The fraction of sp³-hybridized carbons (Fsp3) is 0.391. The predicted octanol–water partition coefficient (Wildman–Crippen LogP) is 2.77. The molecule has 0 aromatic heterocycles. The van der Waals surface area contributed by atoms with Crippen molar-refractivity contribution in [3.05, 3.63) is 54.1 Å². The van der Waals surface area contributed by atoms with Crippen molar-refractivity contribution in [2.24, 2.45) is 0 Å². The Morgan fingerprint density at radius 2 is 1.53 bits per heavy atom. The number of carbonyl (C=O) groups is 2. The topological polar surface area (TPSA) is 119 Å². The Morgan fingerprint density at radius 3 is 2.08 bits per heavy atom. The highest BCUT2D eigenvalue weighted by molar-refractivity contribution is 7.92. The van der Waals surface area contributed by atoms with Crippen LogP contribution in [0.1, 0.15) is 23.2 Å². The van der Waals surface area contributed by atoms with Gasteiger partial charge in [-0.05, 0) is 43.2 Å². The third-order valence-corrected chi connectivity index (χ3v) is 7.02. The number of alkyl halides is 3. The zero-order chi connectivity index (χ0) is 26.3. The lowest BCUT2D eigenvalue weighted by molar-refractivity contribution is -0.192. The summed E-state index contributed by atoms with van der Waals surface area (Å²) in [5.74, 6) is -2.80. The molecule has 196 valence electrons. The van der Waals surface area contributed by atoms with Crippen molar-refractivity contribution in [3.8, 4) is 0 Å². The van der Waals surface area contributed by atoms with Gasteiger partial charge in [0, 0.05) is 44.8 Å². The molecule has 1 amide bonds. The van der Waals surface area contributed by atoms with Crippen LogP contribution in [0.2, 0.25) is 0 Å². The summed E-state index contributed by atoms with van der Waals surface area (Å²) in [7, 11) is -3.75. The molecule has 0 atom stereocenters. The molecular formula is C23H27F3N4O5S. The summed E-state index contributed by atoms with van der Waals surface area (Å²) in [5, 5.41) is 10.4. The van der Waals surface area contributed by atoms with Crippen molar-refractivity contribution < 1.29 is 36.3 Å². The van der Waals surface area contributed by atoms with Gasteiger partial charge in [0.05, 0.1) is 16.3 Å². The molecule has 2 fully saturated rings. The molecule has 2 heterocycles. The number of aliphatic carboxylic acids is 1. The minimum atomic E-state index is -5.08. The van der Waals surface area contributed by atoms with E-state index >= 15 is 0 Å². The molecule has 2 aliphatic heterocycles. The standard InChI is InChI=1S/C21H26N4O3S.C2HF3O2/c26-21(25-12-4-5-13-25)17-8-9-20(24-14-10-22-11-15-24)19(16-17)23-29(27,28)18-6-2-1-3-7-18;3-2(4,5)1(6)7/h1-3,6-9,16,22-23H,4-5,10-15H2;(H,6,7). The summed E-state index contributed by atoms with van der Waals surface area (Å²) < 4.78 is 60.3. The lowest BCUT2D eigenvalue weighted by atomic mass is 10.1. The third-order valence-electron chi connectivity index (χ3n) is 5.63. The highest BCUT2D eigenvalue weighted by Crippen LogP contribution is 2.30. The fourth-order valence-electron chi connectivity index (χ4n) is 3.84. The number of piperazine rings is 1. The monoisotopic (exact) mass is 528 g/mol. The number of rotatable bonds is 5. The number of hydrogen-bond donors (Lipinski definition) is 3. The van der Waals surface area contributed by atoms with Gasteiger partial charge in [0.1, 0.15) is 0 Å². The SMILES string of the molecule is O=C(O)C(F)(F)F.O=C(c1ccc(N2CCNCC2)c(NS(=O)(=O)c2ccccc2)c1)N1CCCC1. The van der Waals surface area contributed by atoms with Crippen LogP contribution in [0.4, 0.5) is 24.5 Å². The summed E-state index contributed by atoms with van der Waals surface area (Å²) in [6, 6.07) is 13.6. The summed E-state index contributed by atoms with van der Waals surface area (Å²) in [6.07, 6.45) is -3.06.